The van der Waals surface area contributed by atoms with Gasteiger partial charge in [-0.3, -0.25) is 9.63 Å². The minimum absolute atomic E-state index is 0.179. The highest BCUT2D eigenvalue weighted by Crippen LogP contribution is 2.29. The molecule has 2 aromatic heterocycles. The van der Waals surface area contributed by atoms with Gasteiger partial charge in [0.2, 0.25) is 5.91 Å². The van der Waals surface area contributed by atoms with E-state index < -0.39 is 0 Å². The molecular weight excluding hydrogens is 404 g/mol. The highest BCUT2D eigenvalue weighted by atomic mass is 16.6. The number of hydrogen-bond donors (Lipinski definition) is 3. The van der Waals surface area contributed by atoms with Gasteiger partial charge in [-0.25, -0.2) is 9.97 Å². The second-order valence-corrected chi connectivity index (χ2v) is 8.93. The first-order chi connectivity index (χ1) is 15.5. The predicted molar refractivity (Wildman–Crippen MR) is 127 cm³/mol. The van der Waals surface area contributed by atoms with Crippen molar-refractivity contribution in [1.82, 2.24) is 25.3 Å². The van der Waals surface area contributed by atoms with E-state index in [4.69, 9.17) is 15.6 Å². The van der Waals surface area contributed by atoms with Gasteiger partial charge >= 0.3 is 0 Å². The number of anilines is 1. The summed E-state index contributed by atoms with van der Waals surface area (Å²) in [6, 6.07) is 8.17. The number of nitrogens with one attached hydrogen (secondary N) is 2. The second kappa shape index (κ2) is 10.3. The number of amides is 1. The Morgan fingerprint density at radius 3 is 2.78 bits per heavy atom. The molecule has 0 atom stereocenters. The van der Waals surface area contributed by atoms with Gasteiger partial charge in [0, 0.05) is 30.4 Å². The maximum absolute atomic E-state index is 12.5. The van der Waals surface area contributed by atoms with Gasteiger partial charge in [-0.2, -0.15) is 5.48 Å². The average molecular weight is 439 g/mol. The number of pyridine rings is 1. The van der Waals surface area contributed by atoms with Crippen LogP contribution in [0.3, 0.4) is 0 Å². The number of nitrogens with two attached hydrogens (primary N) is 1. The fourth-order valence-corrected chi connectivity index (χ4v) is 4.49. The summed E-state index contributed by atoms with van der Waals surface area (Å²) in [6.07, 6.45) is 6.40. The molecule has 8 heteroatoms. The molecule has 0 spiro atoms. The molecular formula is C24H34N6O2. The van der Waals surface area contributed by atoms with Gasteiger partial charge in [-0.1, -0.05) is 37.5 Å². The van der Waals surface area contributed by atoms with Gasteiger partial charge in [0.15, 0.2) is 5.82 Å². The van der Waals surface area contributed by atoms with Crippen molar-refractivity contribution < 1.29 is 9.63 Å². The Bertz CT molecular complexity index is 1070. The van der Waals surface area contributed by atoms with E-state index in [-0.39, 0.29) is 17.9 Å². The topological polar surface area (TPSA) is 107 Å². The Morgan fingerprint density at radius 2 is 2.00 bits per heavy atom. The molecule has 1 aliphatic rings. The third kappa shape index (κ3) is 5.02. The first-order valence-electron chi connectivity index (χ1n) is 11.7. The first-order valence-corrected chi connectivity index (χ1v) is 11.7. The van der Waals surface area contributed by atoms with E-state index in [9.17, 15) is 4.79 Å². The summed E-state index contributed by atoms with van der Waals surface area (Å²) in [6.45, 7) is 5.70. The summed E-state index contributed by atoms with van der Waals surface area (Å²) in [5.41, 5.74) is 11.7. The number of carbonyl (C=O) groups excluding carboxylic acids is 1. The number of para-hydroxylation sites is 1. The van der Waals surface area contributed by atoms with Gasteiger partial charge < -0.3 is 15.6 Å². The largest absolute Gasteiger partial charge is 0.382 e. The van der Waals surface area contributed by atoms with Gasteiger partial charge in [0.25, 0.3) is 0 Å². The monoisotopic (exact) mass is 438 g/mol. The Morgan fingerprint density at radius 1 is 1.22 bits per heavy atom. The number of nitrogens with zero attached hydrogens (tertiary/aromatic N) is 3. The Labute approximate surface area is 188 Å². The van der Waals surface area contributed by atoms with E-state index in [0.29, 0.717) is 31.0 Å². The zero-order valence-corrected chi connectivity index (χ0v) is 19.1. The van der Waals surface area contributed by atoms with Crippen molar-refractivity contribution >= 4 is 33.7 Å². The molecule has 0 bridgehead atoms. The van der Waals surface area contributed by atoms with Gasteiger partial charge in [-0.15, -0.1) is 0 Å². The van der Waals surface area contributed by atoms with E-state index in [1.54, 1.807) is 0 Å². The van der Waals surface area contributed by atoms with Crippen LogP contribution in [0.1, 0.15) is 58.2 Å². The highest BCUT2D eigenvalue weighted by molar-refractivity contribution is 6.06. The smallest absolute Gasteiger partial charge is 0.223 e. The SMILES string of the molecule is CC(C)NOCc1nc2c(N)nc3ccccc3c2n1CCCNC(=O)C1CCCCC1. The summed E-state index contributed by atoms with van der Waals surface area (Å²) in [5, 5.41) is 4.15. The number of aryl methyl sites for hydroxylation is 1. The molecule has 0 saturated heterocycles. The van der Waals surface area contributed by atoms with Gasteiger partial charge in [0.1, 0.15) is 17.9 Å². The lowest BCUT2D eigenvalue weighted by Gasteiger charge is -2.20. The van der Waals surface area contributed by atoms with Crippen LogP contribution in [0.2, 0.25) is 0 Å². The van der Waals surface area contributed by atoms with Crippen LogP contribution < -0.4 is 16.5 Å². The maximum atomic E-state index is 12.5. The Balaban J connectivity index is 1.54. The number of carbonyl (C=O) groups is 1. The average Bonchev–Trinajstić information content (AvgIpc) is 3.16. The van der Waals surface area contributed by atoms with Gasteiger partial charge in [0.05, 0.1) is 11.0 Å². The maximum Gasteiger partial charge on any atom is 0.223 e. The lowest BCUT2D eigenvalue weighted by molar-refractivity contribution is -0.125. The Kier molecular flexibility index (Phi) is 7.22. The molecule has 172 valence electrons. The zero-order chi connectivity index (χ0) is 22.5. The molecule has 1 aromatic carbocycles. The van der Waals surface area contributed by atoms with E-state index in [0.717, 1.165) is 54.3 Å². The zero-order valence-electron chi connectivity index (χ0n) is 19.1. The van der Waals surface area contributed by atoms with Crippen LogP contribution in [0.4, 0.5) is 5.82 Å². The lowest BCUT2D eigenvalue weighted by Crippen LogP contribution is -2.33. The minimum atomic E-state index is 0.179. The van der Waals surface area contributed by atoms with Crippen molar-refractivity contribution in [3.05, 3.63) is 30.1 Å². The van der Waals surface area contributed by atoms with Crippen molar-refractivity contribution in [2.24, 2.45) is 5.92 Å². The van der Waals surface area contributed by atoms with Crippen molar-refractivity contribution in [3.8, 4) is 0 Å². The summed E-state index contributed by atoms with van der Waals surface area (Å²) in [4.78, 5) is 27.4. The number of benzene rings is 1. The third-order valence-electron chi connectivity index (χ3n) is 6.04. The van der Waals surface area contributed by atoms with Crippen LogP contribution in [0.15, 0.2) is 24.3 Å². The molecule has 0 unspecified atom stereocenters. The van der Waals surface area contributed by atoms with Crippen molar-refractivity contribution in [2.45, 2.75) is 71.6 Å². The van der Waals surface area contributed by atoms with E-state index in [2.05, 4.69) is 20.3 Å². The number of fused-ring (bicyclic) bond motifs is 3. The number of hydroxylamine groups is 1. The number of nitrogen functional groups attached to an aromatic ring is 1. The first kappa shape index (κ1) is 22.5. The van der Waals surface area contributed by atoms with E-state index >= 15 is 0 Å². The quantitative estimate of drug-likeness (QED) is 0.347. The highest BCUT2D eigenvalue weighted by Gasteiger charge is 2.21. The molecule has 0 radical (unpaired) electrons. The molecule has 4 N–H and O–H groups in total. The molecule has 1 aliphatic carbocycles. The van der Waals surface area contributed by atoms with Crippen LogP contribution in [0, 0.1) is 5.92 Å². The van der Waals surface area contributed by atoms with E-state index in [1.165, 1.54) is 6.42 Å². The molecule has 0 aliphatic heterocycles. The van der Waals surface area contributed by atoms with Crippen molar-refractivity contribution in [1.29, 1.82) is 0 Å². The van der Waals surface area contributed by atoms with Crippen LogP contribution >= 0.6 is 0 Å². The third-order valence-corrected chi connectivity index (χ3v) is 6.04. The number of imidazole rings is 1. The number of rotatable bonds is 9. The predicted octanol–water partition coefficient (Wildman–Crippen LogP) is 3.68. The Hall–Kier alpha value is -2.71. The molecule has 2 heterocycles. The number of hydrogen-bond acceptors (Lipinski definition) is 6. The molecule has 4 rings (SSSR count). The van der Waals surface area contributed by atoms with Crippen LogP contribution in [-0.2, 0) is 22.8 Å². The molecule has 3 aromatic rings. The summed E-state index contributed by atoms with van der Waals surface area (Å²) in [7, 11) is 0. The van der Waals surface area contributed by atoms with E-state index in [1.807, 2.05) is 38.1 Å². The second-order valence-electron chi connectivity index (χ2n) is 8.93. The molecule has 1 amide bonds. The summed E-state index contributed by atoms with van der Waals surface area (Å²) < 4.78 is 2.16. The fraction of sp³-hybridized carbons (Fsp3) is 0.542. The van der Waals surface area contributed by atoms with Crippen LogP contribution in [-0.4, -0.2) is 33.0 Å². The van der Waals surface area contributed by atoms with Gasteiger partial charge in [-0.05, 0) is 39.2 Å². The lowest BCUT2D eigenvalue weighted by atomic mass is 9.89. The van der Waals surface area contributed by atoms with Crippen LogP contribution in [0.5, 0.6) is 0 Å². The molecule has 1 fully saturated rings. The molecule has 1 saturated carbocycles. The number of aromatic nitrogens is 3. The molecule has 32 heavy (non-hydrogen) atoms. The van der Waals surface area contributed by atoms with Crippen LogP contribution in [0.25, 0.3) is 21.9 Å². The minimum Gasteiger partial charge on any atom is -0.382 e. The normalized spacial score (nSPS) is 15.1. The standard InChI is InChI=1S/C24H34N6O2/c1-16(2)29-32-15-20-28-21-22(18-11-6-7-12-19(18)27-23(21)25)30(20)14-8-13-26-24(31)17-9-4-3-5-10-17/h6-7,11-12,16-17,29H,3-5,8-10,13-15H2,1-2H3,(H2,25,27)(H,26,31). The fourth-order valence-electron chi connectivity index (χ4n) is 4.49. The van der Waals surface area contributed by atoms with Crippen molar-refractivity contribution in [2.75, 3.05) is 12.3 Å². The van der Waals surface area contributed by atoms with Crippen molar-refractivity contribution in [3.63, 3.8) is 0 Å². The summed E-state index contributed by atoms with van der Waals surface area (Å²) in [5.74, 6) is 1.58. The molecule has 8 nitrogen and oxygen atoms in total. The summed E-state index contributed by atoms with van der Waals surface area (Å²) >= 11 is 0.